The van der Waals surface area contributed by atoms with Crippen molar-refractivity contribution in [3.05, 3.63) is 48.2 Å². The molecule has 1 atom stereocenters. The number of nitrogens with zero attached hydrogens (tertiary/aromatic N) is 1. The SMILES string of the molecule is C/C=C\N=CC(NC)c1ccccc1. The Morgan fingerprint density at radius 3 is 2.57 bits per heavy atom. The van der Waals surface area contributed by atoms with E-state index in [1.165, 1.54) is 5.56 Å². The highest BCUT2D eigenvalue weighted by molar-refractivity contribution is 5.67. The number of allylic oxidation sites excluding steroid dienone is 1. The molecule has 74 valence electrons. The van der Waals surface area contributed by atoms with Crippen LogP contribution < -0.4 is 5.32 Å². The van der Waals surface area contributed by atoms with Crippen LogP contribution in [0.5, 0.6) is 0 Å². The highest BCUT2D eigenvalue weighted by Gasteiger charge is 2.03. The second kappa shape index (κ2) is 6.11. The average molecular weight is 188 g/mol. The number of aliphatic imine (C=N–C) groups is 1. The molecule has 0 saturated heterocycles. The molecule has 1 aromatic rings. The Balaban J connectivity index is 2.72. The monoisotopic (exact) mass is 188 g/mol. The Morgan fingerprint density at radius 2 is 2.00 bits per heavy atom. The first-order valence-corrected chi connectivity index (χ1v) is 4.75. The number of rotatable bonds is 4. The van der Waals surface area contributed by atoms with E-state index in [0.29, 0.717) is 0 Å². The Bertz CT molecular complexity index is 301. The van der Waals surface area contributed by atoms with Crippen LogP contribution in [0.25, 0.3) is 0 Å². The van der Waals surface area contributed by atoms with Crippen molar-refractivity contribution in [2.24, 2.45) is 4.99 Å². The Morgan fingerprint density at radius 1 is 1.29 bits per heavy atom. The fourth-order valence-corrected chi connectivity index (χ4v) is 1.21. The molecule has 0 radical (unpaired) electrons. The molecule has 1 rings (SSSR count). The molecule has 14 heavy (non-hydrogen) atoms. The lowest BCUT2D eigenvalue weighted by Crippen LogP contribution is -2.17. The fourth-order valence-electron chi connectivity index (χ4n) is 1.21. The van der Waals surface area contributed by atoms with Crippen LogP contribution in [0, 0.1) is 0 Å². The molecule has 0 fully saturated rings. The summed E-state index contributed by atoms with van der Waals surface area (Å²) < 4.78 is 0. The highest BCUT2D eigenvalue weighted by atomic mass is 14.9. The molecule has 0 aliphatic rings. The first kappa shape index (κ1) is 10.7. The second-order valence-corrected chi connectivity index (χ2v) is 2.96. The van der Waals surface area contributed by atoms with Gasteiger partial charge in [0, 0.05) is 12.4 Å². The molecule has 2 heteroatoms. The van der Waals surface area contributed by atoms with Gasteiger partial charge in [0.25, 0.3) is 0 Å². The van der Waals surface area contributed by atoms with E-state index in [4.69, 9.17) is 0 Å². The summed E-state index contributed by atoms with van der Waals surface area (Å²) in [7, 11) is 1.93. The van der Waals surface area contributed by atoms with Gasteiger partial charge in [-0.1, -0.05) is 36.4 Å². The first-order chi connectivity index (χ1) is 6.88. The van der Waals surface area contributed by atoms with Gasteiger partial charge in [0.15, 0.2) is 0 Å². The van der Waals surface area contributed by atoms with Crippen molar-refractivity contribution in [2.75, 3.05) is 7.05 Å². The zero-order valence-corrected chi connectivity index (χ0v) is 8.64. The smallest absolute Gasteiger partial charge is 0.0678 e. The van der Waals surface area contributed by atoms with Crippen LogP contribution in [0.4, 0.5) is 0 Å². The average Bonchev–Trinajstić information content (AvgIpc) is 2.26. The molecule has 0 heterocycles. The highest BCUT2D eigenvalue weighted by Crippen LogP contribution is 2.09. The van der Waals surface area contributed by atoms with Crippen molar-refractivity contribution in [1.29, 1.82) is 0 Å². The molecule has 1 N–H and O–H groups in total. The normalized spacial score (nSPS) is 13.9. The maximum absolute atomic E-state index is 4.17. The molecule has 1 unspecified atom stereocenters. The summed E-state index contributed by atoms with van der Waals surface area (Å²) in [6.07, 6.45) is 5.59. The summed E-state index contributed by atoms with van der Waals surface area (Å²) in [6, 6.07) is 10.4. The Kier molecular flexibility index (Phi) is 4.65. The Hall–Kier alpha value is -1.41. The summed E-state index contributed by atoms with van der Waals surface area (Å²) in [4.78, 5) is 4.17. The van der Waals surface area contributed by atoms with Crippen molar-refractivity contribution < 1.29 is 0 Å². The summed E-state index contributed by atoms with van der Waals surface area (Å²) >= 11 is 0. The molecular weight excluding hydrogens is 172 g/mol. The predicted octanol–water partition coefficient (Wildman–Crippen LogP) is 2.55. The molecule has 0 aliphatic heterocycles. The van der Waals surface area contributed by atoms with E-state index in [2.05, 4.69) is 22.4 Å². The van der Waals surface area contributed by atoms with Crippen LogP contribution in [0.3, 0.4) is 0 Å². The topological polar surface area (TPSA) is 24.4 Å². The molecule has 0 aromatic heterocycles. The maximum Gasteiger partial charge on any atom is 0.0678 e. The van der Waals surface area contributed by atoms with Crippen LogP contribution >= 0.6 is 0 Å². The molecule has 0 aliphatic carbocycles. The zero-order chi connectivity index (χ0) is 10.2. The van der Waals surface area contributed by atoms with Crippen molar-refractivity contribution >= 4 is 6.21 Å². The van der Waals surface area contributed by atoms with Gasteiger partial charge in [-0.25, -0.2) is 0 Å². The van der Waals surface area contributed by atoms with Crippen LogP contribution in [-0.4, -0.2) is 13.3 Å². The van der Waals surface area contributed by atoms with E-state index in [9.17, 15) is 0 Å². The minimum absolute atomic E-state index is 0.187. The lowest BCUT2D eigenvalue weighted by atomic mass is 10.1. The quantitative estimate of drug-likeness (QED) is 0.721. The van der Waals surface area contributed by atoms with Crippen LogP contribution in [0.1, 0.15) is 18.5 Å². The predicted molar refractivity (Wildman–Crippen MR) is 61.5 cm³/mol. The van der Waals surface area contributed by atoms with Crippen LogP contribution in [0.15, 0.2) is 47.6 Å². The third kappa shape index (κ3) is 3.15. The van der Waals surface area contributed by atoms with Gasteiger partial charge in [-0.3, -0.25) is 4.99 Å². The standard InChI is InChI=1S/C12H16N2/c1-3-9-14-10-12(13-2)11-7-5-4-6-8-11/h3-10,12-13H,1-2H3/b9-3-,14-10?. The minimum atomic E-state index is 0.187. The number of benzene rings is 1. The number of hydrogen-bond donors (Lipinski definition) is 1. The van der Waals surface area contributed by atoms with Crippen molar-refractivity contribution in [2.45, 2.75) is 13.0 Å². The lowest BCUT2D eigenvalue weighted by molar-refractivity contribution is 0.762. The third-order valence-electron chi connectivity index (χ3n) is 1.94. The van der Waals surface area contributed by atoms with Crippen molar-refractivity contribution in [3.8, 4) is 0 Å². The van der Waals surface area contributed by atoms with E-state index < -0.39 is 0 Å². The van der Waals surface area contributed by atoms with E-state index in [1.807, 2.05) is 44.5 Å². The van der Waals surface area contributed by atoms with Gasteiger partial charge in [0.2, 0.25) is 0 Å². The third-order valence-corrected chi connectivity index (χ3v) is 1.94. The summed E-state index contributed by atoms with van der Waals surface area (Å²) in [5, 5.41) is 3.19. The van der Waals surface area contributed by atoms with E-state index in [-0.39, 0.29) is 6.04 Å². The minimum Gasteiger partial charge on any atom is -0.309 e. The van der Waals surface area contributed by atoms with Gasteiger partial charge in [0.05, 0.1) is 6.04 Å². The zero-order valence-electron chi connectivity index (χ0n) is 8.64. The molecule has 0 amide bonds. The van der Waals surface area contributed by atoms with Gasteiger partial charge in [0.1, 0.15) is 0 Å². The molecule has 0 spiro atoms. The van der Waals surface area contributed by atoms with E-state index >= 15 is 0 Å². The summed E-state index contributed by atoms with van der Waals surface area (Å²) in [5.74, 6) is 0. The molecule has 1 aromatic carbocycles. The molecule has 2 nitrogen and oxygen atoms in total. The van der Waals surface area contributed by atoms with Gasteiger partial charge in [-0.2, -0.15) is 0 Å². The van der Waals surface area contributed by atoms with E-state index in [1.54, 1.807) is 6.20 Å². The largest absolute Gasteiger partial charge is 0.309 e. The second-order valence-electron chi connectivity index (χ2n) is 2.96. The number of hydrogen-bond acceptors (Lipinski definition) is 2. The van der Waals surface area contributed by atoms with Crippen LogP contribution in [0.2, 0.25) is 0 Å². The van der Waals surface area contributed by atoms with Crippen molar-refractivity contribution in [1.82, 2.24) is 5.32 Å². The fraction of sp³-hybridized carbons (Fsp3) is 0.250. The van der Waals surface area contributed by atoms with Crippen LogP contribution in [-0.2, 0) is 0 Å². The van der Waals surface area contributed by atoms with Gasteiger partial charge >= 0.3 is 0 Å². The number of nitrogens with one attached hydrogen (secondary N) is 1. The lowest BCUT2D eigenvalue weighted by Gasteiger charge is -2.10. The maximum atomic E-state index is 4.17. The molecule has 0 bridgehead atoms. The van der Waals surface area contributed by atoms with Gasteiger partial charge in [-0.15, -0.1) is 0 Å². The first-order valence-electron chi connectivity index (χ1n) is 4.75. The molecular formula is C12H16N2. The van der Waals surface area contributed by atoms with Crippen molar-refractivity contribution in [3.63, 3.8) is 0 Å². The van der Waals surface area contributed by atoms with Gasteiger partial charge in [-0.05, 0) is 19.5 Å². The summed E-state index contributed by atoms with van der Waals surface area (Å²) in [6.45, 7) is 1.95. The van der Waals surface area contributed by atoms with Gasteiger partial charge < -0.3 is 5.32 Å². The Labute approximate surface area is 85.4 Å². The summed E-state index contributed by atoms with van der Waals surface area (Å²) in [5.41, 5.74) is 1.23. The molecule has 0 saturated carbocycles. The van der Waals surface area contributed by atoms with E-state index in [0.717, 1.165) is 0 Å².